The van der Waals surface area contributed by atoms with Gasteiger partial charge in [-0.15, -0.1) is 0 Å². The van der Waals surface area contributed by atoms with Crippen LogP contribution in [0, 0.1) is 0 Å². The van der Waals surface area contributed by atoms with Crippen molar-refractivity contribution in [1.82, 2.24) is 9.99 Å². The van der Waals surface area contributed by atoms with Crippen LogP contribution < -0.4 is 16.1 Å². The maximum Gasteiger partial charge on any atom is 0.328 e. The van der Waals surface area contributed by atoms with Crippen molar-refractivity contribution < 1.29 is 19.1 Å². The van der Waals surface area contributed by atoms with Crippen molar-refractivity contribution in [2.24, 2.45) is 0 Å². The number of benzene rings is 2. The predicted molar refractivity (Wildman–Crippen MR) is 123 cm³/mol. The Morgan fingerprint density at radius 3 is 2.62 bits per heavy atom. The highest BCUT2D eigenvalue weighted by atomic mass is 35.5. The quantitative estimate of drug-likeness (QED) is 0.492. The summed E-state index contributed by atoms with van der Waals surface area (Å²) in [5.74, 6) is -2.26. The fourth-order valence-corrected chi connectivity index (χ4v) is 3.83. The number of nitrogens with zero attached hydrogens (tertiary/aromatic N) is 1. The molecule has 2 heterocycles. The number of carbonyl (C=O) groups excluding carboxylic acids is 3. The highest BCUT2D eigenvalue weighted by Crippen LogP contribution is 2.25. The zero-order valence-electron chi connectivity index (χ0n) is 16.9. The number of hydrogen-bond acceptors (Lipinski definition) is 4. The van der Waals surface area contributed by atoms with E-state index < -0.39 is 17.7 Å². The molecule has 0 saturated carbocycles. The average Bonchev–Trinajstić information content (AvgIpc) is 3.41. The SMILES string of the molecule is O=C(NC[C@H]1CCCO1)C(=O)Nn1c(C(=O)Nc2ccccc2Cl)cc2cc(Cl)ccc21. The lowest BCUT2D eigenvalue weighted by Gasteiger charge is -2.14. The number of anilines is 1. The molecule has 0 aliphatic carbocycles. The third-order valence-corrected chi connectivity index (χ3v) is 5.62. The lowest BCUT2D eigenvalue weighted by molar-refractivity contribution is -0.136. The van der Waals surface area contributed by atoms with Gasteiger partial charge in [-0.1, -0.05) is 35.3 Å². The summed E-state index contributed by atoms with van der Waals surface area (Å²) >= 11 is 12.2. The van der Waals surface area contributed by atoms with E-state index in [4.69, 9.17) is 27.9 Å². The van der Waals surface area contributed by atoms with E-state index in [0.29, 0.717) is 33.2 Å². The number of halogens is 2. The van der Waals surface area contributed by atoms with Gasteiger partial charge in [-0.25, -0.2) is 4.68 Å². The zero-order valence-corrected chi connectivity index (χ0v) is 18.4. The average molecular weight is 475 g/mol. The van der Waals surface area contributed by atoms with Crippen LogP contribution in [0.1, 0.15) is 23.3 Å². The van der Waals surface area contributed by atoms with Crippen LogP contribution in [0.5, 0.6) is 0 Å². The number of carbonyl (C=O) groups is 3. The minimum absolute atomic E-state index is 0.0988. The van der Waals surface area contributed by atoms with Crippen LogP contribution in [0.2, 0.25) is 10.0 Å². The normalized spacial score (nSPS) is 15.5. The first-order valence-corrected chi connectivity index (χ1v) is 10.8. The van der Waals surface area contributed by atoms with Gasteiger partial charge in [0, 0.05) is 23.6 Å². The van der Waals surface area contributed by atoms with Crippen molar-refractivity contribution in [1.29, 1.82) is 0 Å². The Hall–Kier alpha value is -3.07. The summed E-state index contributed by atoms with van der Waals surface area (Å²) in [4.78, 5) is 37.9. The monoisotopic (exact) mass is 474 g/mol. The second kappa shape index (κ2) is 9.60. The van der Waals surface area contributed by atoms with Crippen molar-refractivity contribution in [2.75, 3.05) is 23.9 Å². The second-order valence-electron chi connectivity index (χ2n) is 7.29. The molecule has 1 atom stereocenters. The van der Waals surface area contributed by atoms with E-state index in [-0.39, 0.29) is 18.3 Å². The van der Waals surface area contributed by atoms with Gasteiger partial charge in [0.25, 0.3) is 5.91 Å². The molecule has 3 N–H and O–H groups in total. The summed E-state index contributed by atoms with van der Waals surface area (Å²) in [5, 5.41) is 6.72. The Labute approximate surface area is 193 Å². The summed E-state index contributed by atoms with van der Waals surface area (Å²) in [6.45, 7) is 0.892. The maximum atomic E-state index is 13.0. The van der Waals surface area contributed by atoms with Gasteiger partial charge in [0.15, 0.2) is 0 Å². The largest absolute Gasteiger partial charge is 0.376 e. The van der Waals surface area contributed by atoms with Gasteiger partial charge >= 0.3 is 11.8 Å². The molecule has 3 aromatic rings. The minimum atomic E-state index is -0.915. The second-order valence-corrected chi connectivity index (χ2v) is 8.13. The first-order valence-electron chi connectivity index (χ1n) is 10.00. The van der Waals surface area contributed by atoms with Gasteiger partial charge in [0.2, 0.25) is 0 Å². The van der Waals surface area contributed by atoms with E-state index >= 15 is 0 Å². The van der Waals surface area contributed by atoms with Crippen molar-refractivity contribution in [2.45, 2.75) is 18.9 Å². The van der Waals surface area contributed by atoms with E-state index in [9.17, 15) is 14.4 Å². The molecule has 1 aliphatic rings. The minimum Gasteiger partial charge on any atom is -0.376 e. The fourth-order valence-electron chi connectivity index (χ4n) is 3.47. The van der Waals surface area contributed by atoms with Crippen LogP contribution in [0.15, 0.2) is 48.5 Å². The number of amides is 3. The summed E-state index contributed by atoms with van der Waals surface area (Å²) in [5.41, 5.74) is 3.51. The molecule has 4 rings (SSSR count). The molecule has 2 aromatic carbocycles. The number of fused-ring (bicyclic) bond motifs is 1. The van der Waals surface area contributed by atoms with Crippen molar-refractivity contribution in [3.8, 4) is 0 Å². The van der Waals surface area contributed by atoms with Gasteiger partial charge in [0.05, 0.1) is 22.3 Å². The number of aromatic nitrogens is 1. The van der Waals surface area contributed by atoms with Gasteiger partial charge in [-0.05, 0) is 49.2 Å². The number of rotatable bonds is 5. The number of nitrogens with one attached hydrogen (secondary N) is 3. The first kappa shape index (κ1) is 22.1. The highest BCUT2D eigenvalue weighted by Gasteiger charge is 2.23. The van der Waals surface area contributed by atoms with Gasteiger partial charge in [0.1, 0.15) is 5.69 Å². The Morgan fingerprint density at radius 1 is 1.06 bits per heavy atom. The molecular formula is C22H20Cl2N4O4. The molecular weight excluding hydrogens is 455 g/mol. The summed E-state index contributed by atoms with van der Waals surface area (Å²) < 4.78 is 6.70. The van der Waals surface area contributed by atoms with Crippen LogP contribution in [-0.2, 0) is 14.3 Å². The molecule has 1 fully saturated rings. The lowest BCUT2D eigenvalue weighted by Crippen LogP contribution is -2.42. The van der Waals surface area contributed by atoms with Crippen LogP contribution >= 0.6 is 23.2 Å². The van der Waals surface area contributed by atoms with Gasteiger partial charge in [-0.2, -0.15) is 0 Å². The standard InChI is InChI=1S/C22H20Cl2N4O4/c23-14-7-8-18-13(10-14)11-19(20(29)26-17-6-2-1-5-16(17)24)28(18)27-22(31)21(30)25-12-15-4-3-9-32-15/h1-2,5-8,10-11,15H,3-4,9,12H2,(H,25,30)(H,26,29)(H,27,31)/t15-/m1/s1. The summed E-state index contributed by atoms with van der Waals surface area (Å²) in [6.07, 6.45) is 1.66. The van der Waals surface area contributed by atoms with Crippen LogP contribution in [-0.4, -0.2) is 41.7 Å². The molecule has 32 heavy (non-hydrogen) atoms. The maximum absolute atomic E-state index is 13.0. The molecule has 1 aromatic heterocycles. The summed E-state index contributed by atoms with van der Waals surface area (Å²) in [6, 6.07) is 13.3. The Bertz CT molecular complexity index is 1190. The van der Waals surface area contributed by atoms with E-state index in [2.05, 4.69) is 16.1 Å². The number of hydrogen-bond donors (Lipinski definition) is 3. The van der Waals surface area contributed by atoms with Crippen molar-refractivity contribution in [3.05, 3.63) is 64.3 Å². The van der Waals surface area contributed by atoms with Crippen LogP contribution in [0.3, 0.4) is 0 Å². The third-order valence-electron chi connectivity index (χ3n) is 5.05. The zero-order chi connectivity index (χ0) is 22.7. The van der Waals surface area contributed by atoms with Gasteiger partial charge in [-0.3, -0.25) is 19.8 Å². The number of ether oxygens (including phenoxy) is 1. The Kier molecular flexibility index (Phi) is 6.64. The third kappa shape index (κ3) is 4.88. The smallest absolute Gasteiger partial charge is 0.328 e. The van der Waals surface area contributed by atoms with Crippen molar-refractivity contribution >= 4 is 57.5 Å². The highest BCUT2D eigenvalue weighted by molar-refractivity contribution is 6.38. The molecule has 3 amide bonds. The molecule has 8 nitrogen and oxygen atoms in total. The number of para-hydroxylation sites is 1. The van der Waals surface area contributed by atoms with E-state index in [1.54, 1.807) is 48.5 Å². The molecule has 10 heteroatoms. The molecule has 0 bridgehead atoms. The van der Waals surface area contributed by atoms with Gasteiger partial charge < -0.3 is 15.4 Å². The molecule has 1 aliphatic heterocycles. The Morgan fingerprint density at radius 2 is 1.88 bits per heavy atom. The van der Waals surface area contributed by atoms with Crippen molar-refractivity contribution in [3.63, 3.8) is 0 Å². The van der Waals surface area contributed by atoms with Crippen LogP contribution in [0.4, 0.5) is 5.69 Å². The van der Waals surface area contributed by atoms with Crippen LogP contribution in [0.25, 0.3) is 10.9 Å². The predicted octanol–water partition coefficient (Wildman–Crippen LogP) is 3.57. The van der Waals surface area contributed by atoms with E-state index in [0.717, 1.165) is 12.8 Å². The summed E-state index contributed by atoms with van der Waals surface area (Å²) in [7, 11) is 0. The molecule has 0 unspecified atom stereocenters. The molecule has 1 saturated heterocycles. The van der Waals surface area contributed by atoms with E-state index in [1.165, 1.54) is 4.68 Å². The Balaban J connectivity index is 1.57. The van der Waals surface area contributed by atoms with E-state index in [1.807, 2.05) is 0 Å². The molecule has 0 spiro atoms. The lowest BCUT2D eigenvalue weighted by atomic mass is 10.2. The topological polar surface area (TPSA) is 101 Å². The fraction of sp³-hybridized carbons (Fsp3) is 0.227. The molecule has 166 valence electrons. The first-order chi connectivity index (χ1) is 15.4. The molecule has 0 radical (unpaired) electrons.